The topological polar surface area (TPSA) is 84.9 Å². The van der Waals surface area contributed by atoms with E-state index in [2.05, 4.69) is 5.32 Å². The van der Waals surface area contributed by atoms with Gasteiger partial charge in [0.15, 0.2) is 0 Å². The second-order valence-electron chi connectivity index (χ2n) is 11.2. The molecule has 30 heavy (non-hydrogen) atoms. The normalized spacial score (nSPS) is 28.8. The maximum absolute atomic E-state index is 13.5. The first-order valence-corrected chi connectivity index (χ1v) is 11.4. The highest BCUT2D eigenvalue weighted by atomic mass is 16.6. The van der Waals surface area contributed by atoms with Crippen LogP contribution in [0, 0.1) is 5.41 Å². The summed E-state index contributed by atoms with van der Waals surface area (Å²) in [6.45, 7) is 10.9. The number of nitrogens with zero attached hydrogens (tertiary/aromatic N) is 1. The average molecular weight is 423 g/mol. The van der Waals surface area contributed by atoms with E-state index in [1.807, 2.05) is 20.8 Å². The third-order valence-electron chi connectivity index (χ3n) is 6.48. The van der Waals surface area contributed by atoms with Gasteiger partial charge in [0, 0.05) is 6.04 Å². The molecule has 0 bridgehead atoms. The number of piperidine rings is 1. The van der Waals surface area contributed by atoms with E-state index in [9.17, 15) is 14.4 Å². The lowest BCUT2D eigenvalue weighted by molar-refractivity contribution is -0.165. The van der Waals surface area contributed by atoms with Crippen LogP contribution in [0.25, 0.3) is 0 Å². The van der Waals surface area contributed by atoms with E-state index >= 15 is 0 Å². The Morgan fingerprint density at radius 1 is 0.967 bits per heavy atom. The number of amides is 2. The predicted octanol–water partition coefficient (Wildman–Crippen LogP) is 3.94. The maximum atomic E-state index is 13.5. The molecule has 2 amide bonds. The Kier molecular flexibility index (Phi) is 6.14. The Hall–Kier alpha value is -1.79. The van der Waals surface area contributed by atoms with Crippen molar-refractivity contribution in [1.82, 2.24) is 10.2 Å². The fourth-order valence-corrected chi connectivity index (χ4v) is 5.46. The molecule has 3 fully saturated rings. The number of rotatable bonds is 2. The van der Waals surface area contributed by atoms with Gasteiger partial charge in [-0.25, -0.2) is 9.59 Å². The summed E-state index contributed by atoms with van der Waals surface area (Å²) in [7, 11) is 0. The molecule has 0 aromatic heterocycles. The van der Waals surface area contributed by atoms with Gasteiger partial charge in [0.25, 0.3) is 0 Å². The summed E-state index contributed by atoms with van der Waals surface area (Å²) >= 11 is 0. The molecule has 7 heteroatoms. The first kappa shape index (κ1) is 22.9. The third kappa shape index (κ3) is 4.92. The zero-order valence-electron chi connectivity index (χ0n) is 19.4. The molecule has 3 rings (SSSR count). The molecule has 3 atom stereocenters. The number of hydrogen-bond donors (Lipinski definition) is 1. The Balaban J connectivity index is 1.82. The zero-order chi connectivity index (χ0) is 22.3. The molecule has 1 spiro atoms. The molecule has 3 aliphatic rings. The SMILES string of the molecule is CC(C)(C)OC(=O)N[C@H]1CC[C@@H]2N(C1=O)[C@H](C(=O)OC(C)(C)C)CC21CCCCC1. The van der Waals surface area contributed by atoms with Crippen molar-refractivity contribution in [2.45, 2.75) is 122 Å². The number of alkyl carbamates (subject to hydrolysis) is 1. The lowest BCUT2D eigenvalue weighted by Gasteiger charge is -2.45. The Labute approximate surface area is 180 Å². The fraction of sp³-hybridized carbons (Fsp3) is 0.870. The van der Waals surface area contributed by atoms with Crippen LogP contribution in [0.4, 0.5) is 4.79 Å². The van der Waals surface area contributed by atoms with Crippen LogP contribution in [0.5, 0.6) is 0 Å². The molecular formula is C23H38N2O5. The van der Waals surface area contributed by atoms with Crippen molar-refractivity contribution in [3.8, 4) is 0 Å². The van der Waals surface area contributed by atoms with Gasteiger partial charge in [-0.15, -0.1) is 0 Å². The Morgan fingerprint density at radius 2 is 1.57 bits per heavy atom. The largest absolute Gasteiger partial charge is 0.458 e. The van der Waals surface area contributed by atoms with Crippen LogP contribution in [0.1, 0.15) is 92.9 Å². The van der Waals surface area contributed by atoms with E-state index in [1.165, 1.54) is 6.42 Å². The predicted molar refractivity (Wildman–Crippen MR) is 113 cm³/mol. The van der Waals surface area contributed by atoms with Crippen LogP contribution in [0.2, 0.25) is 0 Å². The summed E-state index contributed by atoms with van der Waals surface area (Å²) in [5, 5.41) is 2.73. The van der Waals surface area contributed by atoms with Crippen LogP contribution >= 0.6 is 0 Å². The number of ether oxygens (including phenoxy) is 2. The van der Waals surface area contributed by atoms with E-state index < -0.39 is 29.4 Å². The molecule has 2 saturated heterocycles. The molecule has 2 heterocycles. The lowest BCUT2D eigenvalue weighted by Crippen LogP contribution is -2.59. The minimum atomic E-state index is -0.667. The van der Waals surface area contributed by atoms with Crippen LogP contribution < -0.4 is 5.32 Å². The smallest absolute Gasteiger partial charge is 0.408 e. The molecule has 0 aromatic rings. The van der Waals surface area contributed by atoms with E-state index in [1.54, 1.807) is 25.7 Å². The molecule has 1 aliphatic carbocycles. The number of fused-ring (bicyclic) bond motifs is 2. The molecule has 1 saturated carbocycles. The fourth-order valence-electron chi connectivity index (χ4n) is 5.46. The lowest BCUT2D eigenvalue weighted by atomic mass is 9.67. The summed E-state index contributed by atoms with van der Waals surface area (Å²) in [5.41, 5.74) is -1.25. The molecule has 170 valence electrons. The van der Waals surface area contributed by atoms with Crippen molar-refractivity contribution in [1.29, 1.82) is 0 Å². The molecule has 0 aromatic carbocycles. The van der Waals surface area contributed by atoms with Crippen molar-refractivity contribution in [2.75, 3.05) is 0 Å². The number of hydrogen-bond acceptors (Lipinski definition) is 5. The van der Waals surface area contributed by atoms with Gasteiger partial charge in [-0.05, 0) is 79.1 Å². The second-order valence-corrected chi connectivity index (χ2v) is 11.2. The highest BCUT2D eigenvalue weighted by Crippen LogP contribution is 2.53. The van der Waals surface area contributed by atoms with Gasteiger partial charge in [-0.1, -0.05) is 19.3 Å². The van der Waals surface area contributed by atoms with Crippen molar-refractivity contribution in [3.05, 3.63) is 0 Å². The van der Waals surface area contributed by atoms with Gasteiger partial charge in [0.1, 0.15) is 23.3 Å². The molecule has 1 N–H and O–H groups in total. The van der Waals surface area contributed by atoms with E-state index in [0.717, 1.165) is 32.1 Å². The van der Waals surface area contributed by atoms with Crippen molar-refractivity contribution in [2.24, 2.45) is 5.41 Å². The summed E-state index contributed by atoms with van der Waals surface area (Å²) < 4.78 is 11.0. The molecule has 0 unspecified atom stereocenters. The Bertz CT molecular complexity index is 685. The summed E-state index contributed by atoms with van der Waals surface area (Å²) in [5.74, 6) is -0.517. The summed E-state index contributed by atoms with van der Waals surface area (Å²) in [6, 6.07) is -1.21. The molecule has 2 aliphatic heterocycles. The second kappa shape index (κ2) is 8.04. The van der Waals surface area contributed by atoms with Crippen LogP contribution in [-0.2, 0) is 19.1 Å². The van der Waals surface area contributed by atoms with Gasteiger partial charge in [0.2, 0.25) is 5.91 Å². The first-order chi connectivity index (χ1) is 13.8. The number of nitrogens with one attached hydrogen (secondary N) is 1. The van der Waals surface area contributed by atoms with E-state index in [-0.39, 0.29) is 23.3 Å². The molecular weight excluding hydrogens is 384 g/mol. The van der Waals surface area contributed by atoms with Crippen molar-refractivity contribution in [3.63, 3.8) is 0 Å². The van der Waals surface area contributed by atoms with Crippen molar-refractivity contribution >= 4 is 18.0 Å². The van der Waals surface area contributed by atoms with Gasteiger partial charge in [-0.2, -0.15) is 0 Å². The molecule has 0 radical (unpaired) electrons. The van der Waals surface area contributed by atoms with E-state index in [4.69, 9.17) is 9.47 Å². The van der Waals surface area contributed by atoms with Crippen LogP contribution in [-0.4, -0.2) is 52.2 Å². The standard InChI is InChI=1S/C23H38N2O5/c1-21(2,3)29-19(27)16-14-23(12-8-7-9-13-23)17-11-10-15(18(26)25(16)17)24-20(28)30-22(4,5)6/h15-17H,7-14H2,1-6H3,(H,24,28)/t15-,16-,17-/m0/s1. The van der Waals surface area contributed by atoms with E-state index in [0.29, 0.717) is 12.8 Å². The monoisotopic (exact) mass is 422 g/mol. The quantitative estimate of drug-likeness (QED) is 0.682. The van der Waals surface area contributed by atoms with Gasteiger partial charge < -0.3 is 19.7 Å². The minimum Gasteiger partial charge on any atom is -0.458 e. The number of carbonyl (C=O) groups excluding carboxylic acids is 3. The first-order valence-electron chi connectivity index (χ1n) is 11.4. The summed E-state index contributed by atoms with van der Waals surface area (Å²) in [4.78, 5) is 40.6. The van der Waals surface area contributed by atoms with Gasteiger partial charge in [-0.3, -0.25) is 4.79 Å². The molecule has 7 nitrogen and oxygen atoms in total. The maximum Gasteiger partial charge on any atom is 0.408 e. The Morgan fingerprint density at radius 3 is 2.13 bits per heavy atom. The summed E-state index contributed by atoms with van der Waals surface area (Å²) in [6.07, 6.45) is 7.00. The van der Waals surface area contributed by atoms with Crippen LogP contribution in [0.15, 0.2) is 0 Å². The zero-order valence-corrected chi connectivity index (χ0v) is 19.4. The highest BCUT2D eigenvalue weighted by molar-refractivity contribution is 5.91. The van der Waals surface area contributed by atoms with Crippen LogP contribution in [0.3, 0.4) is 0 Å². The number of carbonyl (C=O) groups is 3. The average Bonchev–Trinajstić information content (AvgIpc) is 2.90. The number of esters is 1. The van der Waals surface area contributed by atoms with Gasteiger partial charge in [0.05, 0.1) is 0 Å². The highest BCUT2D eigenvalue weighted by Gasteiger charge is 2.59. The third-order valence-corrected chi connectivity index (χ3v) is 6.48. The van der Waals surface area contributed by atoms with Gasteiger partial charge >= 0.3 is 12.1 Å². The van der Waals surface area contributed by atoms with Crippen molar-refractivity contribution < 1.29 is 23.9 Å². The minimum absolute atomic E-state index is 0.00757.